The van der Waals surface area contributed by atoms with Crippen molar-refractivity contribution < 1.29 is 185 Å². The molecule has 2 saturated heterocycles. The number of carboxylic acids is 2. The van der Waals surface area contributed by atoms with Gasteiger partial charge >= 0.3 is 11.9 Å². The van der Waals surface area contributed by atoms with Crippen LogP contribution in [0.15, 0.2) is 57.6 Å². The molecule has 0 aromatic heterocycles. The first kappa shape index (κ1) is 80.4. The normalized spacial score (nSPS) is 27.8. The lowest BCUT2D eigenvalue weighted by molar-refractivity contribution is -0.389. The largest absolute Gasteiger partial charge is 0.509 e. The number of thioether (sulfide) groups is 2. The lowest BCUT2D eigenvalue weighted by Gasteiger charge is -2.46. The minimum absolute atomic E-state index is 0.202. The molecule has 6 unspecified atom stereocenters. The number of hydrogen-bond acceptors (Lipinski definition) is 39. The maximum atomic E-state index is 11.3. The molecule has 21 atom stereocenters. The van der Waals surface area contributed by atoms with Gasteiger partial charge < -0.3 is 177 Å². The van der Waals surface area contributed by atoms with E-state index in [2.05, 4.69) is 4.89 Å². The van der Waals surface area contributed by atoms with Crippen molar-refractivity contribution in [2.45, 2.75) is 168 Å². The summed E-state index contributed by atoms with van der Waals surface area (Å²) in [5.41, 5.74) is 11.0. The van der Waals surface area contributed by atoms with Gasteiger partial charge in [0.1, 0.15) is 97.2 Å². The zero-order valence-corrected chi connectivity index (χ0v) is 48.7. The highest BCUT2D eigenvalue weighted by molar-refractivity contribution is 7.99. The van der Waals surface area contributed by atoms with Crippen molar-refractivity contribution in [2.24, 2.45) is 11.5 Å². The molecule has 0 aliphatic carbocycles. The third-order valence-electron chi connectivity index (χ3n) is 12.8. The van der Waals surface area contributed by atoms with E-state index in [1.54, 1.807) is 0 Å². The van der Waals surface area contributed by atoms with Crippen LogP contribution in [0, 0.1) is 0 Å². The van der Waals surface area contributed by atoms with E-state index in [4.69, 9.17) is 54.5 Å². The van der Waals surface area contributed by atoms with E-state index in [1.165, 1.54) is 0 Å². The number of nitrogens with two attached hydrogens (primary N) is 2. The van der Waals surface area contributed by atoms with E-state index < -0.39 is 264 Å². The highest BCUT2D eigenvalue weighted by Gasteiger charge is 2.52. The van der Waals surface area contributed by atoms with Crippen LogP contribution in [0.5, 0.6) is 0 Å². The number of rotatable bonds is 42. The summed E-state index contributed by atoms with van der Waals surface area (Å²) in [4.78, 5) is 26.7. The molecule has 0 radical (unpaired) electrons. The predicted octanol–water partition coefficient (Wildman–Crippen LogP) is -5.82. The lowest BCUT2D eigenvalue weighted by atomic mass is 9.97. The Labute approximate surface area is 512 Å². The monoisotopic (exact) mass is 1340 g/mol. The highest BCUT2D eigenvalue weighted by atomic mass is 32.2. The molecule has 2 rings (SSSR count). The number of aliphatic carboxylic acids is 2. The lowest BCUT2D eigenvalue weighted by Crippen LogP contribution is -2.65. The van der Waals surface area contributed by atoms with E-state index in [1.807, 2.05) is 0 Å². The van der Waals surface area contributed by atoms with Gasteiger partial charge in [0.2, 0.25) is 25.2 Å². The number of aliphatic hydroxyl groups is 23. The minimum atomic E-state index is -2.88. The van der Waals surface area contributed by atoms with E-state index in [-0.39, 0.29) is 23.0 Å². The summed E-state index contributed by atoms with van der Waals surface area (Å²) >= 11 is 1.64. The zero-order chi connectivity index (χ0) is 67.7. The van der Waals surface area contributed by atoms with Gasteiger partial charge in [-0.25, -0.2) is 4.89 Å². The predicted molar refractivity (Wildman–Crippen MR) is 294 cm³/mol. The zero-order valence-electron chi connectivity index (χ0n) is 47.1. The van der Waals surface area contributed by atoms with E-state index in [9.17, 15) is 137 Å². The Morgan fingerprint density at radius 2 is 0.809 bits per heavy atom. The van der Waals surface area contributed by atoms with Crippen molar-refractivity contribution in [1.82, 2.24) is 0 Å². The standard InChI is InChI=1S/C48H82N2O37S2/c1-16(56)26(57)19(2-7-51)79-43(74)33(64)27(58)20(3-8-52)80-44(75)34(65)28(59)21(4-9-53)81-45(76)36(67)30(61)23(6-11-88-13-17(49)41(70)71)82-46(77)35(66)29(60)22(5-10-54)83-47-37(68)31(62)39(24(12-55)84-47)86-48-38(69)32(63)40(87-78)25(85-48)15-89-14-18(50)42(72)73/h17-25,31-32,37-40,43-48,51-69,74-78H,2-15,49-50H2,1H3,(H,70,71)(H,72,73)/b26-16-,33-27-,34-28-,35-29+,36-30+/t17-,18-,19-,20-,21-,22-,23-,24?,25?,31?,32?,37?,38?,39-,40-,43-,44-,45+,46+,47-,48-/m1/s1. The quantitative estimate of drug-likeness (QED) is 0.00890. The maximum Gasteiger partial charge on any atom is 0.321 e. The van der Waals surface area contributed by atoms with Crippen molar-refractivity contribution in [1.29, 1.82) is 0 Å². The fourth-order valence-corrected chi connectivity index (χ4v) is 9.86. The first-order chi connectivity index (χ1) is 41.8. The second-order valence-corrected chi connectivity index (χ2v) is 21.6. The molecule has 2 aliphatic heterocycles. The topological polar surface area (TPSA) is 695 Å². The van der Waals surface area contributed by atoms with E-state index in [0.717, 1.165) is 30.4 Å². The molecule has 89 heavy (non-hydrogen) atoms. The summed E-state index contributed by atoms with van der Waals surface area (Å²) < 4.78 is 42.8. The van der Waals surface area contributed by atoms with Crippen LogP contribution in [-0.4, -0.2) is 330 Å². The number of hydrogen-bond donors (Lipinski definition) is 28. The molecule has 0 aromatic carbocycles. The third kappa shape index (κ3) is 23.8. The molecule has 2 heterocycles. The molecule has 0 bridgehead atoms. The molecule has 30 N–H and O–H groups in total. The molecule has 0 aromatic rings. The Morgan fingerprint density at radius 3 is 1.19 bits per heavy atom. The molecule has 2 aliphatic rings. The summed E-state index contributed by atoms with van der Waals surface area (Å²) in [5.74, 6) is -17.9. The number of allylic oxidation sites excluding steroid dienone is 1. The van der Waals surface area contributed by atoms with Crippen molar-refractivity contribution in [3.05, 3.63) is 57.6 Å². The Morgan fingerprint density at radius 1 is 0.461 bits per heavy atom. The van der Waals surface area contributed by atoms with Gasteiger partial charge in [0.15, 0.2) is 64.4 Å². The van der Waals surface area contributed by atoms with Gasteiger partial charge in [0.05, 0.1) is 6.61 Å². The summed E-state index contributed by atoms with van der Waals surface area (Å²) in [6.45, 7) is -3.63. The van der Waals surface area contributed by atoms with Crippen LogP contribution in [0.1, 0.15) is 39.0 Å². The van der Waals surface area contributed by atoms with Gasteiger partial charge in [-0.2, -0.15) is 23.5 Å². The molecule has 2 fully saturated rings. The fourth-order valence-electron chi connectivity index (χ4n) is 7.88. The van der Waals surface area contributed by atoms with E-state index >= 15 is 0 Å². The summed E-state index contributed by atoms with van der Waals surface area (Å²) in [7, 11) is 0. The molecular formula is C48H82N2O37S2. The Hall–Kier alpha value is -4.66. The van der Waals surface area contributed by atoms with Crippen LogP contribution in [0.3, 0.4) is 0 Å². The van der Waals surface area contributed by atoms with Crippen molar-refractivity contribution >= 4 is 35.5 Å². The summed E-state index contributed by atoms with van der Waals surface area (Å²) in [5, 5.41) is 270. The molecule has 41 heteroatoms. The molecule has 0 amide bonds. The van der Waals surface area contributed by atoms with Crippen LogP contribution >= 0.6 is 23.5 Å². The number of ether oxygens (including phenoxy) is 8. The molecule has 518 valence electrons. The van der Waals surface area contributed by atoms with Crippen molar-refractivity contribution in [2.75, 3.05) is 56.0 Å². The second-order valence-electron chi connectivity index (χ2n) is 19.3. The number of carbonyl (C=O) groups is 2. The number of carboxylic acid groups (broad SMARTS) is 2. The van der Waals surface area contributed by atoms with E-state index in [0.29, 0.717) is 0 Å². The Kier molecular flexibility index (Phi) is 35.9. The highest BCUT2D eigenvalue weighted by Crippen LogP contribution is 2.34. The maximum absolute atomic E-state index is 11.3. The van der Waals surface area contributed by atoms with Crippen LogP contribution in [-0.2, 0) is 52.4 Å². The van der Waals surface area contributed by atoms with Gasteiger partial charge in [-0.1, -0.05) is 0 Å². The van der Waals surface area contributed by atoms with Crippen molar-refractivity contribution in [3.8, 4) is 0 Å². The third-order valence-corrected chi connectivity index (χ3v) is 15.1. The van der Waals surface area contributed by atoms with Gasteiger partial charge in [0.25, 0.3) is 0 Å². The van der Waals surface area contributed by atoms with Crippen molar-refractivity contribution in [3.63, 3.8) is 0 Å². The molecular weight excluding hydrogens is 1260 g/mol. The van der Waals surface area contributed by atoms with Crippen LogP contribution in [0.25, 0.3) is 0 Å². The van der Waals surface area contributed by atoms with Gasteiger partial charge in [-0.3, -0.25) is 14.8 Å². The average molecular weight is 1340 g/mol. The second kappa shape index (κ2) is 39.7. The van der Waals surface area contributed by atoms with Crippen LogP contribution in [0.2, 0.25) is 0 Å². The van der Waals surface area contributed by atoms with Crippen LogP contribution in [0.4, 0.5) is 0 Å². The molecule has 0 saturated carbocycles. The molecule has 0 spiro atoms. The first-order valence-corrected chi connectivity index (χ1v) is 28.8. The minimum Gasteiger partial charge on any atom is -0.509 e. The van der Waals surface area contributed by atoms with Crippen LogP contribution < -0.4 is 11.5 Å². The fraction of sp³-hybridized carbons (Fsp3) is 0.750. The number of aliphatic hydroxyl groups excluding tert-OH is 23. The average Bonchev–Trinajstić information content (AvgIpc) is 2.18. The summed E-state index contributed by atoms with van der Waals surface area (Å²) in [6, 6.07) is -2.81. The Balaban J connectivity index is 2.46. The summed E-state index contributed by atoms with van der Waals surface area (Å²) in [6.07, 6.45) is -44.3. The Bertz CT molecular complexity index is 2310. The molecule has 39 nitrogen and oxygen atoms in total. The van der Waals surface area contributed by atoms with Gasteiger partial charge in [0, 0.05) is 69.4 Å². The first-order valence-electron chi connectivity index (χ1n) is 26.5. The smallest absolute Gasteiger partial charge is 0.321 e. The van der Waals surface area contributed by atoms with Gasteiger partial charge in [-0.05, 0) is 19.1 Å². The SMILES string of the molecule is C/C(O)=C(/O)[C@@H](CCO)O[C@@H](O)/C(O)=C(/O)[C@@H](CCO)O[C@@H](O)/C(O)=C(/O)[C@@H](CCO)O[C@H](O)/C(O)=C(\O)[C@@H](CCSC[C@@H](N)C(=O)O)O[C@H](O)/C(O)=C(\O)[C@@H](CCO)O[C@@H]1OC(CO)[C@@H](O[C@H]2OC(CSC[C@@H](N)C(=O)O)[C@@H](OO)C(O)C2O)C(O)C1O. The van der Waals surface area contributed by atoms with Gasteiger partial charge in [-0.15, -0.1) is 0 Å².